The number of carbonyl (C=O) groups is 1. The lowest BCUT2D eigenvalue weighted by Crippen LogP contribution is -2.04. The van der Waals surface area contributed by atoms with Crippen LogP contribution in [0.4, 0.5) is 10.5 Å². The van der Waals surface area contributed by atoms with Gasteiger partial charge in [-0.1, -0.05) is 23.8 Å². The maximum atomic E-state index is 10.6. The Balaban J connectivity index is 2.50. The van der Waals surface area contributed by atoms with Crippen molar-refractivity contribution in [1.29, 1.82) is 0 Å². The van der Waals surface area contributed by atoms with Gasteiger partial charge in [-0.25, -0.2) is 4.79 Å². The number of anilines is 1. The van der Waals surface area contributed by atoms with Gasteiger partial charge in [0.25, 0.3) is 0 Å². The molecule has 0 spiro atoms. The fourth-order valence-electron chi connectivity index (χ4n) is 1.72. The van der Waals surface area contributed by atoms with Crippen molar-refractivity contribution >= 4 is 11.8 Å². The Hall–Kier alpha value is -2.49. The van der Waals surface area contributed by atoms with E-state index in [9.17, 15) is 4.79 Å². The number of hydrogen-bond acceptors (Lipinski definition) is 3. The molecule has 2 aromatic rings. The third-order valence-corrected chi connectivity index (χ3v) is 2.55. The monoisotopic (exact) mass is 243 g/mol. The second-order valence-corrected chi connectivity index (χ2v) is 3.99. The summed E-state index contributed by atoms with van der Waals surface area (Å²) in [6.07, 6.45) is -1.32. The SMILES string of the molecule is Cc1ccc(OC(=O)O)c(-c2ccc(N)cc2)c1. The van der Waals surface area contributed by atoms with E-state index in [4.69, 9.17) is 15.6 Å². The van der Waals surface area contributed by atoms with Gasteiger partial charge >= 0.3 is 6.16 Å². The Bertz CT molecular complexity index is 576. The van der Waals surface area contributed by atoms with Gasteiger partial charge in [-0.15, -0.1) is 0 Å². The fraction of sp³-hybridized carbons (Fsp3) is 0.0714. The molecule has 92 valence electrons. The molecule has 0 amide bonds. The second kappa shape index (κ2) is 4.79. The molecule has 0 aliphatic heterocycles. The van der Waals surface area contributed by atoms with Gasteiger partial charge in [0, 0.05) is 11.3 Å². The summed E-state index contributed by atoms with van der Waals surface area (Å²) in [6, 6.07) is 12.5. The molecule has 0 heterocycles. The molecule has 4 nitrogen and oxygen atoms in total. The van der Waals surface area contributed by atoms with E-state index in [0.29, 0.717) is 11.4 Å². The first-order valence-electron chi connectivity index (χ1n) is 5.43. The van der Waals surface area contributed by atoms with Gasteiger partial charge < -0.3 is 15.6 Å². The Morgan fingerprint density at radius 3 is 2.44 bits per heavy atom. The van der Waals surface area contributed by atoms with Gasteiger partial charge in [0.1, 0.15) is 5.75 Å². The first-order valence-corrected chi connectivity index (χ1v) is 5.43. The molecule has 0 aliphatic rings. The summed E-state index contributed by atoms with van der Waals surface area (Å²) in [6.45, 7) is 1.94. The van der Waals surface area contributed by atoms with Gasteiger partial charge in [-0.3, -0.25) is 0 Å². The van der Waals surface area contributed by atoms with E-state index in [1.54, 1.807) is 24.3 Å². The van der Waals surface area contributed by atoms with Crippen molar-refractivity contribution in [2.24, 2.45) is 0 Å². The van der Waals surface area contributed by atoms with Gasteiger partial charge in [-0.2, -0.15) is 0 Å². The average Bonchev–Trinajstić information content (AvgIpc) is 2.32. The molecular weight excluding hydrogens is 230 g/mol. The summed E-state index contributed by atoms with van der Waals surface area (Å²) in [5.74, 6) is 0.317. The highest BCUT2D eigenvalue weighted by molar-refractivity contribution is 5.75. The lowest BCUT2D eigenvalue weighted by Gasteiger charge is -2.09. The highest BCUT2D eigenvalue weighted by atomic mass is 16.7. The molecule has 3 N–H and O–H groups in total. The Morgan fingerprint density at radius 1 is 1.17 bits per heavy atom. The van der Waals surface area contributed by atoms with Crippen molar-refractivity contribution in [1.82, 2.24) is 0 Å². The molecule has 0 saturated carbocycles. The maximum Gasteiger partial charge on any atom is 0.511 e. The van der Waals surface area contributed by atoms with Crippen molar-refractivity contribution in [2.75, 3.05) is 5.73 Å². The topological polar surface area (TPSA) is 72.5 Å². The largest absolute Gasteiger partial charge is 0.511 e. The van der Waals surface area contributed by atoms with Crippen LogP contribution in [-0.4, -0.2) is 11.3 Å². The summed E-state index contributed by atoms with van der Waals surface area (Å²) >= 11 is 0. The molecular formula is C14H13NO3. The predicted octanol–water partition coefficient (Wildman–Crippen LogP) is 3.30. The van der Waals surface area contributed by atoms with Gasteiger partial charge in [0.05, 0.1) is 0 Å². The van der Waals surface area contributed by atoms with Crippen molar-refractivity contribution in [2.45, 2.75) is 6.92 Å². The van der Waals surface area contributed by atoms with Crippen LogP contribution in [0.1, 0.15) is 5.56 Å². The van der Waals surface area contributed by atoms with E-state index in [0.717, 1.165) is 16.7 Å². The quantitative estimate of drug-likeness (QED) is 0.482. The Morgan fingerprint density at radius 2 is 1.83 bits per heavy atom. The van der Waals surface area contributed by atoms with E-state index in [1.807, 2.05) is 25.1 Å². The average molecular weight is 243 g/mol. The van der Waals surface area contributed by atoms with E-state index in [-0.39, 0.29) is 0 Å². The third kappa shape index (κ3) is 2.60. The molecule has 0 bridgehead atoms. The second-order valence-electron chi connectivity index (χ2n) is 3.99. The standard InChI is InChI=1S/C14H13NO3/c1-9-2-7-13(18-14(16)17)12(8-9)10-3-5-11(15)6-4-10/h2-8H,15H2,1H3,(H,16,17). The number of rotatable bonds is 2. The minimum absolute atomic E-state index is 0.317. The van der Waals surface area contributed by atoms with Crippen molar-refractivity contribution in [3.8, 4) is 16.9 Å². The summed E-state index contributed by atoms with van der Waals surface area (Å²) in [7, 11) is 0. The molecule has 0 atom stereocenters. The number of carboxylic acid groups (broad SMARTS) is 1. The summed E-state index contributed by atoms with van der Waals surface area (Å²) in [4.78, 5) is 10.6. The zero-order valence-electron chi connectivity index (χ0n) is 9.88. The third-order valence-electron chi connectivity index (χ3n) is 2.55. The highest BCUT2D eigenvalue weighted by Crippen LogP contribution is 2.31. The minimum Gasteiger partial charge on any atom is -0.449 e. The fourth-order valence-corrected chi connectivity index (χ4v) is 1.72. The lowest BCUT2D eigenvalue weighted by atomic mass is 10.0. The van der Waals surface area contributed by atoms with Crippen molar-refractivity contribution < 1.29 is 14.6 Å². The minimum atomic E-state index is -1.32. The van der Waals surface area contributed by atoms with Crippen LogP contribution in [0.5, 0.6) is 5.75 Å². The normalized spacial score (nSPS) is 10.1. The summed E-state index contributed by atoms with van der Waals surface area (Å²) in [5.41, 5.74) is 8.91. The molecule has 2 aromatic carbocycles. The van der Waals surface area contributed by atoms with Crippen LogP contribution >= 0.6 is 0 Å². The van der Waals surface area contributed by atoms with Crippen LogP contribution in [0, 0.1) is 6.92 Å². The molecule has 4 heteroatoms. The van der Waals surface area contributed by atoms with Crippen LogP contribution in [0.3, 0.4) is 0 Å². The first kappa shape index (κ1) is 12.0. The van der Waals surface area contributed by atoms with Crippen LogP contribution < -0.4 is 10.5 Å². The van der Waals surface area contributed by atoms with Crippen molar-refractivity contribution in [3.05, 3.63) is 48.0 Å². The smallest absolute Gasteiger partial charge is 0.449 e. The zero-order valence-corrected chi connectivity index (χ0v) is 9.88. The zero-order chi connectivity index (χ0) is 13.1. The number of nitrogen functional groups attached to an aromatic ring is 1. The number of nitrogens with two attached hydrogens (primary N) is 1. The molecule has 0 unspecified atom stereocenters. The lowest BCUT2D eigenvalue weighted by molar-refractivity contribution is 0.144. The Labute approximate surface area is 105 Å². The number of hydrogen-bond donors (Lipinski definition) is 2. The van der Waals surface area contributed by atoms with Crippen LogP contribution in [0.15, 0.2) is 42.5 Å². The molecule has 0 saturated heterocycles. The van der Waals surface area contributed by atoms with Crippen LogP contribution in [0.2, 0.25) is 0 Å². The number of ether oxygens (including phenoxy) is 1. The molecule has 2 rings (SSSR count). The summed E-state index contributed by atoms with van der Waals surface area (Å²) < 4.78 is 4.77. The first-order chi connectivity index (χ1) is 8.56. The predicted molar refractivity (Wildman–Crippen MR) is 69.7 cm³/mol. The molecule has 0 aliphatic carbocycles. The van der Waals surface area contributed by atoms with E-state index in [2.05, 4.69) is 0 Å². The molecule has 0 aromatic heterocycles. The Kier molecular flexibility index (Phi) is 3.19. The van der Waals surface area contributed by atoms with Crippen LogP contribution in [-0.2, 0) is 0 Å². The molecule has 18 heavy (non-hydrogen) atoms. The van der Waals surface area contributed by atoms with Crippen LogP contribution in [0.25, 0.3) is 11.1 Å². The van der Waals surface area contributed by atoms with E-state index >= 15 is 0 Å². The van der Waals surface area contributed by atoms with Gasteiger partial charge in [0.15, 0.2) is 0 Å². The number of aryl methyl sites for hydroxylation is 1. The molecule has 0 fully saturated rings. The summed E-state index contributed by atoms with van der Waals surface area (Å²) in [5, 5.41) is 8.71. The van der Waals surface area contributed by atoms with Gasteiger partial charge in [0.2, 0.25) is 0 Å². The maximum absolute atomic E-state index is 10.6. The number of benzene rings is 2. The van der Waals surface area contributed by atoms with E-state index in [1.165, 1.54) is 0 Å². The van der Waals surface area contributed by atoms with Crippen molar-refractivity contribution in [3.63, 3.8) is 0 Å². The van der Waals surface area contributed by atoms with E-state index < -0.39 is 6.16 Å². The highest BCUT2D eigenvalue weighted by Gasteiger charge is 2.10. The molecule has 0 radical (unpaired) electrons. The van der Waals surface area contributed by atoms with Gasteiger partial charge in [-0.05, 0) is 36.8 Å².